The molecule has 1 aromatic carbocycles. The maximum absolute atomic E-state index is 13.2. The van der Waals surface area contributed by atoms with E-state index in [2.05, 4.69) is 5.10 Å². The van der Waals surface area contributed by atoms with Crippen LogP contribution in [-0.4, -0.2) is 43.7 Å². The first-order valence-electron chi connectivity index (χ1n) is 9.72. The molecule has 1 saturated carbocycles. The topological polar surface area (TPSA) is 92.5 Å². The van der Waals surface area contributed by atoms with Gasteiger partial charge in [0.15, 0.2) is 0 Å². The van der Waals surface area contributed by atoms with Crippen molar-refractivity contribution in [2.45, 2.75) is 50.7 Å². The third-order valence-corrected chi connectivity index (χ3v) is 5.87. The Kier molecular flexibility index (Phi) is 4.98. The number of aliphatic carboxylic acids is 1. The van der Waals surface area contributed by atoms with Gasteiger partial charge in [-0.05, 0) is 36.8 Å². The number of likely N-dealkylation sites (tertiary alicyclic amines) is 1. The monoisotopic (exact) mass is 381 g/mol. The summed E-state index contributed by atoms with van der Waals surface area (Å²) < 4.78 is 1.26. The maximum Gasteiger partial charge on any atom is 0.326 e. The van der Waals surface area contributed by atoms with Crippen LogP contribution in [0.5, 0.6) is 0 Å². The van der Waals surface area contributed by atoms with Crippen LogP contribution in [0.25, 0.3) is 0 Å². The van der Waals surface area contributed by atoms with Crippen molar-refractivity contribution in [2.75, 3.05) is 0 Å². The van der Waals surface area contributed by atoms with Crippen LogP contribution in [0.2, 0.25) is 0 Å². The lowest BCUT2D eigenvalue weighted by molar-refractivity contribution is -0.141. The highest BCUT2D eigenvalue weighted by Gasteiger charge is 2.48. The molecule has 1 saturated heterocycles. The number of fused-ring (bicyclic) bond motifs is 1. The van der Waals surface area contributed by atoms with Gasteiger partial charge >= 0.3 is 5.97 Å². The molecular formula is C21H23N3O4. The van der Waals surface area contributed by atoms with Gasteiger partial charge in [0.1, 0.15) is 11.7 Å². The van der Waals surface area contributed by atoms with Gasteiger partial charge in [-0.15, -0.1) is 0 Å². The molecule has 1 aliphatic heterocycles. The van der Waals surface area contributed by atoms with E-state index >= 15 is 0 Å². The fraction of sp³-hybridized carbons (Fsp3) is 0.429. The Morgan fingerprint density at radius 2 is 1.82 bits per heavy atom. The predicted molar refractivity (Wildman–Crippen MR) is 102 cm³/mol. The molecule has 2 fully saturated rings. The first-order chi connectivity index (χ1) is 13.5. The summed E-state index contributed by atoms with van der Waals surface area (Å²) in [5.41, 5.74) is 0.721. The molecule has 146 valence electrons. The highest BCUT2D eigenvalue weighted by molar-refractivity contribution is 5.95. The van der Waals surface area contributed by atoms with Crippen LogP contribution in [0.4, 0.5) is 0 Å². The van der Waals surface area contributed by atoms with Crippen LogP contribution in [-0.2, 0) is 11.3 Å². The third kappa shape index (κ3) is 3.44. The molecule has 4 rings (SSSR count). The van der Waals surface area contributed by atoms with E-state index < -0.39 is 17.9 Å². The summed E-state index contributed by atoms with van der Waals surface area (Å²) in [5.74, 6) is -1.14. The Morgan fingerprint density at radius 1 is 1.07 bits per heavy atom. The van der Waals surface area contributed by atoms with E-state index in [9.17, 15) is 19.5 Å². The molecule has 1 N–H and O–H groups in total. The number of carboxylic acid groups (broad SMARTS) is 1. The van der Waals surface area contributed by atoms with E-state index in [4.69, 9.17) is 0 Å². The van der Waals surface area contributed by atoms with E-state index in [1.165, 1.54) is 21.7 Å². The molecule has 7 heteroatoms. The smallest absolute Gasteiger partial charge is 0.326 e. The Hall–Kier alpha value is -2.96. The maximum atomic E-state index is 13.2. The first-order valence-corrected chi connectivity index (χ1v) is 9.72. The highest BCUT2D eigenvalue weighted by Crippen LogP contribution is 2.40. The fourth-order valence-electron chi connectivity index (χ4n) is 4.54. The van der Waals surface area contributed by atoms with Crippen LogP contribution in [0.3, 0.4) is 0 Å². The number of rotatable bonds is 4. The minimum Gasteiger partial charge on any atom is -0.480 e. The molecule has 2 aromatic rings. The van der Waals surface area contributed by atoms with Crippen LogP contribution in [0.1, 0.15) is 48.2 Å². The molecule has 1 aliphatic carbocycles. The number of carboxylic acids is 1. The summed E-state index contributed by atoms with van der Waals surface area (Å²) in [5, 5.41) is 13.9. The van der Waals surface area contributed by atoms with Crippen molar-refractivity contribution in [3.8, 4) is 0 Å². The lowest BCUT2D eigenvalue weighted by Crippen LogP contribution is -2.47. The van der Waals surface area contributed by atoms with Crippen molar-refractivity contribution in [1.82, 2.24) is 14.7 Å². The van der Waals surface area contributed by atoms with Gasteiger partial charge in [0.05, 0.1) is 6.54 Å². The molecule has 2 aliphatic rings. The number of carbonyl (C=O) groups is 2. The van der Waals surface area contributed by atoms with Gasteiger partial charge in [-0.3, -0.25) is 9.59 Å². The van der Waals surface area contributed by atoms with Crippen molar-refractivity contribution in [1.29, 1.82) is 0 Å². The van der Waals surface area contributed by atoms with Gasteiger partial charge in [-0.2, -0.15) is 5.10 Å². The van der Waals surface area contributed by atoms with Crippen molar-refractivity contribution < 1.29 is 14.7 Å². The number of carbonyl (C=O) groups excluding carboxylic acids is 1. The number of aromatic nitrogens is 2. The Bertz CT molecular complexity index is 940. The van der Waals surface area contributed by atoms with Crippen LogP contribution < -0.4 is 5.56 Å². The average Bonchev–Trinajstić information content (AvgIpc) is 3.10. The molecule has 3 atom stereocenters. The Labute approximate surface area is 162 Å². The highest BCUT2D eigenvalue weighted by atomic mass is 16.4. The Balaban J connectivity index is 1.64. The van der Waals surface area contributed by atoms with Crippen molar-refractivity contribution in [3.05, 3.63) is 64.1 Å². The predicted octanol–water partition coefficient (Wildman–Crippen LogP) is 2.15. The molecule has 0 unspecified atom stereocenters. The van der Waals surface area contributed by atoms with Crippen molar-refractivity contribution in [3.63, 3.8) is 0 Å². The summed E-state index contributed by atoms with van der Waals surface area (Å²) in [4.78, 5) is 38.7. The van der Waals surface area contributed by atoms with Gasteiger partial charge in [-0.25, -0.2) is 9.48 Å². The fourth-order valence-corrected chi connectivity index (χ4v) is 4.54. The average molecular weight is 381 g/mol. The van der Waals surface area contributed by atoms with Gasteiger partial charge in [0.2, 0.25) is 0 Å². The van der Waals surface area contributed by atoms with Crippen LogP contribution >= 0.6 is 0 Å². The molecule has 2 heterocycles. The zero-order valence-corrected chi connectivity index (χ0v) is 15.5. The van der Waals surface area contributed by atoms with E-state index in [0.29, 0.717) is 6.42 Å². The van der Waals surface area contributed by atoms with Gasteiger partial charge in [-0.1, -0.05) is 43.2 Å². The molecular weight excluding hydrogens is 358 g/mol. The lowest BCUT2D eigenvalue weighted by Gasteiger charge is -2.32. The minimum atomic E-state index is -0.972. The zero-order valence-electron chi connectivity index (χ0n) is 15.5. The van der Waals surface area contributed by atoms with Crippen LogP contribution in [0.15, 0.2) is 47.3 Å². The second-order valence-electron chi connectivity index (χ2n) is 7.61. The number of nitrogens with zero attached hydrogens (tertiary/aromatic N) is 3. The Morgan fingerprint density at radius 3 is 2.57 bits per heavy atom. The van der Waals surface area contributed by atoms with Gasteiger partial charge in [0, 0.05) is 12.1 Å². The van der Waals surface area contributed by atoms with Crippen molar-refractivity contribution in [2.24, 2.45) is 5.92 Å². The van der Waals surface area contributed by atoms with Gasteiger partial charge < -0.3 is 10.0 Å². The van der Waals surface area contributed by atoms with E-state index in [0.717, 1.165) is 31.2 Å². The SMILES string of the molecule is O=C(O)[C@@H]1C[C@H]2CCCC[C@H]2N1C(=O)c1ccc(=O)n(Cc2ccccc2)n1. The second-order valence-corrected chi connectivity index (χ2v) is 7.61. The summed E-state index contributed by atoms with van der Waals surface area (Å²) in [7, 11) is 0. The standard InChI is InChI=1S/C21H23N3O4/c25-19-11-10-16(22-23(19)13-14-6-2-1-3-7-14)20(26)24-17-9-5-4-8-15(17)12-18(24)21(27)28/h1-3,6-7,10-11,15,17-18H,4-5,8-9,12-13H2,(H,27,28)/t15-,17-,18+/m1/s1. The number of benzene rings is 1. The minimum absolute atomic E-state index is 0.0568. The van der Waals surface area contributed by atoms with E-state index in [1.54, 1.807) is 0 Å². The molecule has 0 spiro atoms. The largest absolute Gasteiger partial charge is 0.480 e. The second kappa shape index (κ2) is 7.58. The summed E-state index contributed by atoms with van der Waals surface area (Å²) in [6.45, 7) is 0.259. The van der Waals surface area contributed by atoms with Gasteiger partial charge in [0.25, 0.3) is 11.5 Å². The molecule has 1 amide bonds. The van der Waals surface area contributed by atoms with E-state index in [-0.39, 0.29) is 29.8 Å². The normalized spacial score (nSPS) is 24.0. The molecule has 0 bridgehead atoms. The van der Waals surface area contributed by atoms with E-state index in [1.807, 2.05) is 30.3 Å². The molecule has 0 radical (unpaired) electrons. The first kappa shape index (κ1) is 18.4. The van der Waals surface area contributed by atoms with Crippen molar-refractivity contribution >= 4 is 11.9 Å². The number of hydrogen-bond donors (Lipinski definition) is 1. The summed E-state index contributed by atoms with van der Waals surface area (Å²) in [6.07, 6.45) is 4.35. The summed E-state index contributed by atoms with van der Waals surface area (Å²) in [6, 6.07) is 11.3. The third-order valence-electron chi connectivity index (χ3n) is 5.87. The molecule has 1 aromatic heterocycles. The lowest BCUT2D eigenvalue weighted by atomic mass is 9.84. The van der Waals surface area contributed by atoms with Crippen LogP contribution in [0, 0.1) is 5.92 Å². The molecule has 28 heavy (non-hydrogen) atoms. The summed E-state index contributed by atoms with van der Waals surface area (Å²) >= 11 is 0. The zero-order chi connectivity index (χ0) is 19.7. The number of hydrogen-bond acceptors (Lipinski definition) is 4. The quantitative estimate of drug-likeness (QED) is 0.876. The molecule has 7 nitrogen and oxygen atoms in total. The number of amides is 1.